The van der Waals surface area contributed by atoms with E-state index in [1.54, 1.807) is 12.1 Å². The number of likely N-dealkylation sites (N-methyl/N-ethyl adjacent to an activating group) is 1. The van der Waals surface area contributed by atoms with E-state index in [0.29, 0.717) is 5.69 Å². The highest BCUT2D eigenvalue weighted by molar-refractivity contribution is 6.00. The third-order valence-corrected chi connectivity index (χ3v) is 3.02. The summed E-state index contributed by atoms with van der Waals surface area (Å²) >= 11 is 0. The second kappa shape index (κ2) is 4.03. The van der Waals surface area contributed by atoms with Gasteiger partial charge >= 0.3 is 0 Å². The summed E-state index contributed by atoms with van der Waals surface area (Å²) < 4.78 is 0. The fraction of sp³-hybridized carbons (Fsp3) is 0.417. The second-order valence-corrected chi connectivity index (χ2v) is 4.12. The maximum absolute atomic E-state index is 12.1. The number of anilines is 1. The van der Waals surface area contributed by atoms with Crippen molar-refractivity contribution >= 4 is 11.5 Å². The molecule has 1 heterocycles. The Morgan fingerprint density at radius 1 is 1.40 bits per heavy atom. The standard InChI is InChI=1S/C12H16N2O/c1-14-8-2-3-11(14)12(15)9-4-6-10(13)7-5-9/h4-7,11H,2-3,8,13H2,1H3. The maximum Gasteiger partial charge on any atom is 0.179 e. The molecule has 15 heavy (non-hydrogen) atoms. The van der Waals surface area contributed by atoms with Crippen LogP contribution < -0.4 is 5.73 Å². The lowest BCUT2D eigenvalue weighted by Gasteiger charge is -2.17. The first-order chi connectivity index (χ1) is 7.18. The Hall–Kier alpha value is -1.35. The molecular formula is C12H16N2O. The number of carbonyl (C=O) groups is 1. The molecule has 3 heteroatoms. The number of nitrogens with zero attached hydrogens (tertiary/aromatic N) is 1. The van der Waals surface area contributed by atoms with Gasteiger partial charge in [-0.25, -0.2) is 0 Å². The van der Waals surface area contributed by atoms with Crippen LogP contribution in [0.15, 0.2) is 24.3 Å². The SMILES string of the molecule is CN1CCCC1C(=O)c1ccc(N)cc1. The predicted octanol–water partition coefficient (Wildman–Crippen LogP) is 1.55. The molecule has 1 aliphatic rings. The number of hydrogen-bond donors (Lipinski definition) is 1. The van der Waals surface area contributed by atoms with E-state index in [2.05, 4.69) is 4.90 Å². The molecule has 0 spiro atoms. The second-order valence-electron chi connectivity index (χ2n) is 4.12. The normalized spacial score (nSPS) is 21.8. The summed E-state index contributed by atoms with van der Waals surface area (Å²) in [5.41, 5.74) is 7.05. The number of benzene rings is 1. The van der Waals surface area contributed by atoms with Gasteiger partial charge in [-0.2, -0.15) is 0 Å². The van der Waals surface area contributed by atoms with Crippen molar-refractivity contribution < 1.29 is 4.79 Å². The van der Waals surface area contributed by atoms with Gasteiger partial charge < -0.3 is 5.73 Å². The lowest BCUT2D eigenvalue weighted by molar-refractivity contribution is 0.0890. The Balaban J connectivity index is 2.17. The van der Waals surface area contributed by atoms with Crippen LogP contribution in [0, 0.1) is 0 Å². The third-order valence-electron chi connectivity index (χ3n) is 3.02. The van der Waals surface area contributed by atoms with Gasteiger partial charge in [0, 0.05) is 11.3 Å². The number of nitrogens with two attached hydrogens (primary N) is 1. The van der Waals surface area contributed by atoms with Gasteiger partial charge in [-0.15, -0.1) is 0 Å². The minimum atomic E-state index is 0.0635. The van der Waals surface area contributed by atoms with Crippen LogP contribution in [0.1, 0.15) is 23.2 Å². The minimum absolute atomic E-state index is 0.0635. The molecule has 80 valence electrons. The highest BCUT2D eigenvalue weighted by Crippen LogP contribution is 2.19. The number of ketones is 1. The van der Waals surface area contributed by atoms with Crippen LogP contribution in [0.5, 0.6) is 0 Å². The summed E-state index contributed by atoms with van der Waals surface area (Å²) in [5, 5.41) is 0. The van der Waals surface area contributed by atoms with E-state index in [1.807, 2.05) is 19.2 Å². The van der Waals surface area contributed by atoms with Crippen LogP contribution in [0.2, 0.25) is 0 Å². The van der Waals surface area contributed by atoms with E-state index in [9.17, 15) is 4.79 Å². The number of hydrogen-bond acceptors (Lipinski definition) is 3. The molecule has 1 saturated heterocycles. The molecular weight excluding hydrogens is 188 g/mol. The van der Waals surface area contributed by atoms with Gasteiger partial charge in [0.1, 0.15) is 0 Å². The van der Waals surface area contributed by atoms with Gasteiger partial charge in [-0.05, 0) is 50.7 Å². The molecule has 1 fully saturated rings. The van der Waals surface area contributed by atoms with Crippen molar-refractivity contribution in [3.63, 3.8) is 0 Å². The van der Waals surface area contributed by atoms with Crippen LogP contribution in [0.25, 0.3) is 0 Å². The molecule has 3 nitrogen and oxygen atoms in total. The Bertz CT molecular complexity index is 358. The Kier molecular flexibility index (Phi) is 2.73. The monoisotopic (exact) mass is 204 g/mol. The molecule has 0 amide bonds. The first kappa shape index (κ1) is 10.2. The highest BCUT2D eigenvalue weighted by Gasteiger charge is 2.28. The molecule has 0 radical (unpaired) electrons. The average Bonchev–Trinajstić information content (AvgIpc) is 2.65. The predicted molar refractivity (Wildman–Crippen MR) is 60.8 cm³/mol. The molecule has 1 aromatic carbocycles. The lowest BCUT2D eigenvalue weighted by Crippen LogP contribution is -2.32. The van der Waals surface area contributed by atoms with Crippen molar-refractivity contribution in [2.45, 2.75) is 18.9 Å². The van der Waals surface area contributed by atoms with Crippen molar-refractivity contribution in [2.75, 3.05) is 19.3 Å². The zero-order valence-corrected chi connectivity index (χ0v) is 8.94. The summed E-state index contributed by atoms with van der Waals surface area (Å²) in [6, 6.07) is 7.24. The van der Waals surface area contributed by atoms with Gasteiger partial charge in [0.2, 0.25) is 0 Å². The quantitative estimate of drug-likeness (QED) is 0.587. The molecule has 0 saturated carbocycles. The molecule has 0 aromatic heterocycles. The highest BCUT2D eigenvalue weighted by atomic mass is 16.1. The van der Waals surface area contributed by atoms with Crippen molar-refractivity contribution in [3.8, 4) is 0 Å². The van der Waals surface area contributed by atoms with Crippen LogP contribution in [-0.4, -0.2) is 30.3 Å². The zero-order valence-electron chi connectivity index (χ0n) is 8.94. The van der Waals surface area contributed by atoms with E-state index in [-0.39, 0.29) is 11.8 Å². The van der Waals surface area contributed by atoms with Gasteiger partial charge in [0.15, 0.2) is 5.78 Å². The molecule has 1 atom stereocenters. The summed E-state index contributed by atoms with van der Waals surface area (Å²) in [4.78, 5) is 14.2. The van der Waals surface area contributed by atoms with Crippen molar-refractivity contribution in [1.29, 1.82) is 0 Å². The molecule has 0 aliphatic carbocycles. The summed E-state index contributed by atoms with van der Waals surface area (Å²) in [6.07, 6.45) is 2.08. The minimum Gasteiger partial charge on any atom is -0.399 e. The van der Waals surface area contributed by atoms with Crippen molar-refractivity contribution in [2.24, 2.45) is 0 Å². The van der Waals surface area contributed by atoms with Crippen LogP contribution in [-0.2, 0) is 0 Å². The van der Waals surface area contributed by atoms with Crippen LogP contribution in [0.3, 0.4) is 0 Å². The maximum atomic E-state index is 12.1. The summed E-state index contributed by atoms with van der Waals surface area (Å²) in [5.74, 6) is 0.218. The van der Waals surface area contributed by atoms with Gasteiger partial charge in [-0.3, -0.25) is 9.69 Å². The third kappa shape index (κ3) is 2.02. The smallest absolute Gasteiger partial charge is 0.179 e. The number of Topliss-reactive ketones (excluding diaryl/α,β-unsaturated/α-hetero) is 1. The number of likely N-dealkylation sites (tertiary alicyclic amines) is 1. The Morgan fingerprint density at radius 2 is 2.07 bits per heavy atom. The average molecular weight is 204 g/mol. The Morgan fingerprint density at radius 3 is 2.60 bits per heavy atom. The zero-order chi connectivity index (χ0) is 10.8. The van der Waals surface area contributed by atoms with Crippen molar-refractivity contribution in [3.05, 3.63) is 29.8 Å². The first-order valence-electron chi connectivity index (χ1n) is 5.28. The summed E-state index contributed by atoms with van der Waals surface area (Å²) in [7, 11) is 2.01. The molecule has 1 unspecified atom stereocenters. The lowest BCUT2D eigenvalue weighted by atomic mass is 10.0. The van der Waals surface area contributed by atoms with E-state index in [0.717, 1.165) is 24.9 Å². The molecule has 1 aliphatic heterocycles. The Labute approximate surface area is 89.9 Å². The number of rotatable bonds is 2. The molecule has 2 N–H and O–H groups in total. The number of nitrogen functional groups attached to an aromatic ring is 1. The molecule has 0 bridgehead atoms. The molecule has 1 aromatic rings. The fourth-order valence-electron chi connectivity index (χ4n) is 2.08. The van der Waals surface area contributed by atoms with Crippen LogP contribution >= 0.6 is 0 Å². The first-order valence-corrected chi connectivity index (χ1v) is 5.28. The number of carbonyl (C=O) groups excluding carboxylic acids is 1. The molecule has 2 rings (SSSR count). The van der Waals surface area contributed by atoms with E-state index >= 15 is 0 Å². The van der Waals surface area contributed by atoms with E-state index in [4.69, 9.17) is 5.73 Å². The van der Waals surface area contributed by atoms with E-state index in [1.165, 1.54) is 0 Å². The van der Waals surface area contributed by atoms with Gasteiger partial charge in [0.25, 0.3) is 0 Å². The van der Waals surface area contributed by atoms with E-state index < -0.39 is 0 Å². The van der Waals surface area contributed by atoms with Crippen LogP contribution in [0.4, 0.5) is 5.69 Å². The largest absolute Gasteiger partial charge is 0.399 e. The van der Waals surface area contributed by atoms with Gasteiger partial charge in [-0.1, -0.05) is 0 Å². The van der Waals surface area contributed by atoms with Crippen molar-refractivity contribution in [1.82, 2.24) is 4.90 Å². The fourth-order valence-corrected chi connectivity index (χ4v) is 2.08. The topological polar surface area (TPSA) is 46.3 Å². The summed E-state index contributed by atoms with van der Waals surface area (Å²) in [6.45, 7) is 1.02. The van der Waals surface area contributed by atoms with Gasteiger partial charge in [0.05, 0.1) is 6.04 Å².